The van der Waals surface area contributed by atoms with Gasteiger partial charge in [0, 0.05) is 5.02 Å². The first kappa shape index (κ1) is 12.3. The Bertz CT molecular complexity index is 330. The van der Waals surface area contributed by atoms with E-state index in [1.54, 1.807) is 13.8 Å². The molecule has 1 rings (SSSR count). The van der Waals surface area contributed by atoms with E-state index in [4.69, 9.17) is 16.3 Å². The molecule has 15 heavy (non-hydrogen) atoms. The highest BCUT2D eigenvalue weighted by Crippen LogP contribution is 2.26. The maximum absolute atomic E-state index is 9.52. The molecule has 3 heteroatoms. The molecule has 0 aliphatic rings. The second kappa shape index (κ2) is 4.42. The number of aliphatic hydroxyl groups is 1. The number of aryl methyl sites for hydroxylation is 2. The molecule has 0 unspecified atom stereocenters. The lowest BCUT2D eigenvalue weighted by Crippen LogP contribution is -2.27. The van der Waals surface area contributed by atoms with E-state index in [9.17, 15) is 5.11 Å². The largest absolute Gasteiger partial charge is 0.491 e. The molecule has 0 saturated heterocycles. The van der Waals surface area contributed by atoms with Crippen molar-refractivity contribution in [2.45, 2.75) is 33.3 Å². The first-order valence-electron chi connectivity index (χ1n) is 4.91. The van der Waals surface area contributed by atoms with Crippen molar-refractivity contribution >= 4 is 11.6 Å². The number of halogens is 1. The van der Waals surface area contributed by atoms with Crippen LogP contribution in [0.15, 0.2) is 12.1 Å². The van der Waals surface area contributed by atoms with Crippen LogP contribution in [0.2, 0.25) is 5.02 Å². The van der Waals surface area contributed by atoms with Gasteiger partial charge in [0.15, 0.2) is 0 Å². The van der Waals surface area contributed by atoms with Crippen LogP contribution in [0.25, 0.3) is 0 Å². The molecule has 0 spiro atoms. The molecule has 0 fully saturated rings. The zero-order chi connectivity index (χ0) is 11.6. The first-order valence-corrected chi connectivity index (χ1v) is 5.29. The summed E-state index contributed by atoms with van der Waals surface area (Å²) in [6, 6.07) is 3.75. The highest BCUT2D eigenvalue weighted by molar-refractivity contribution is 6.32. The average molecular weight is 229 g/mol. The maximum Gasteiger partial charge on any atom is 0.120 e. The lowest BCUT2D eigenvalue weighted by Gasteiger charge is -2.18. The number of benzene rings is 1. The van der Waals surface area contributed by atoms with Crippen LogP contribution < -0.4 is 4.74 Å². The fraction of sp³-hybridized carbons (Fsp3) is 0.500. The van der Waals surface area contributed by atoms with Gasteiger partial charge < -0.3 is 9.84 Å². The van der Waals surface area contributed by atoms with E-state index in [2.05, 4.69) is 0 Å². The average Bonchev–Trinajstić information content (AvgIpc) is 2.09. The number of hydrogen-bond acceptors (Lipinski definition) is 2. The monoisotopic (exact) mass is 228 g/mol. The highest BCUT2D eigenvalue weighted by atomic mass is 35.5. The van der Waals surface area contributed by atoms with E-state index in [0.717, 1.165) is 21.9 Å². The number of rotatable bonds is 3. The Morgan fingerprint density at radius 3 is 2.13 bits per heavy atom. The van der Waals surface area contributed by atoms with E-state index in [-0.39, 0.29) is 6.61 Å². The van der Waals surface area contributed by atoms with Crippen LogP contribution in [-0.4, -0.2) is 17.3 Å². The van der Waals surface area contributed by atoms with E-state index < -0.39 is 5.60 Å². The van der Waals surface area contributed by atoms with E-state index >= 15 is 0 Å². The summed E-state index contributed by atoms with van der Waals surface area (Å²) in [6.07, 6.45) is 0. The Morgan fingerprint density at radius 2 is 1.73 bits per heavy atom. The maximum atomic E-state index is 9.52. The van der Waals surface area contributed by atoms with Crippen LogP contribution in [-0.2, 0) is 0 Å². The van der Waals surface area contributed by atoms with Gasteiger partial charge in [0.25, 0.3) is 0 Å². The molecule has 2 nitrogen and oxygen atoms in total. The van der Waals surface area contributed by atoms with Gasteiger partial charge in [-0.2, -0.15) is 0 Å². The second-order valence-electron chi connectivity index (χ2n) is 4.47. The summed E-state index contributed by atoms with van der Waals surface area (Å²) in [7, 11) is 0. The summed E-state index contributed by atoms with van der Waals surface area (Å²) in [5.74, 6) is 0.747. The predicted octanol–water partition coefficient (Wildman–Crippen LogP) is 3.11. The topological polar surface area (TPSA) is 29.5 Å². The van der Waals surface area contributed by atoms with Crippen LogP contribution in [0, 0.1) is 13.8 Å². The van der Waals surface area contributed by atoms with Crippen LogP contribution in [0.4, 0.5) is 0 Å². The molecule has 0 saturated carbocycles. The molecule has 0 bridgehead atoms. The van der Waals surface area contributed by atoms with Gasteiger partial charge in [0.2, 0.25) is 0 Å². The van der Waals surface area contributed by atoms with Gasteiger partial charge in [0.05, 0.1) is 5.60 Å². The van der Waals surface area contributed by atoms with Gasteiger partial charge in [-0.1, -0.05) is 11.6 Å². The minimum Gasteiger partial charge on any atom is -0.491 e. The summed E-state index contributed by atoms with van der Waals surface area (Å²) in [5.41, 5.74) is 1.16. The zero-order valence-corrected chi connectivity index (χ0v) is 10.4. The summed E-state index contributed by atoms with van der Waals surface area (Å²) in [6.45, 7) is 7.57. The third-order valence-electron chi connectivity index (χ3n) is 2.00. The lowest BCUT2D eigenvalue weighted by atomic mass is 10.1. The van der Waals surface area contributed by atoms with Gasteiger partial charge in [-0.3, -0.25) is 0 Å². The van der Waals surface area contributed by atoms with Gasteiger partial charge in [0.1, 0.15) is 12.4 Å². The Morgan fingerprint density at radius 1 is 1.27 bits per heavy atom. The molecule has 0 aromatic heterocycles. The molecule has 0 atom stereocenters. The molecular weight excluding hydrogens is 212 g/mol. The normalized spacial score (nSPS) is 11.6. The van der Waals surface area contributed by atoms with Gasteiger partial charge >= 0.3 is 0 Å². The Hall–Kier alpha value is -0.730. The Balaban J connectivity index is 2.80. The molecule has 1 N–H and O–H groups in total. The van der Waals surface area contributed by atoms with Crippen LogP contribution in [0.5, 0.6) is 5.75 Å². The molecule has 1 aromatic rings. The lowest BCUT2D eigenvalue weighted by molar-refractivity contribution is 0.0284. The van der Waals surface area contributed by atoms with Gasteiger partial charge in [-0.05, 0) is 51.0 Å². The minimum atomic E-state index is -0.818. The molecule has 84 valence electrons. The number of ether oxygens (including phenoxy) is 1. The Labute approximate surface area is 95.8 Å². The van der Waals surface area contributed by atoms with E-state index in [1.807, 2.05) is 26.0 Å². The van der Waals surface area contributed by atoms with Gasteiger partial charge in [-0.15, -0.1) is 0 Å². The third-order valence-corrected chi connectivity index (χ3v) is 2.60. The fourth-order valence-electron chi connectivity index (χ4n) is 1.25. The molecule has 1 aromatic carbocycles. The molecule has 0 radical (unpaired) electrons. The molecule has 0 amide bonds. The van der Waals surface area contributed by atoms with Crippen molar-refractivity contribution in [1.29, 1.82) is 0 Å². The standard InChI is InChI=1S/C12H17ClO2/c1-8-5-10(6-9(2)11(8)13)15-7-12(3,4)14/h5-6,14H,7H2,1-4H3. The quantitative estimate of drug-likeness (QED) is 0.862. The SMILES string of the molecule is Cc1cc(OCC(C)(C)O)cc(C)c1Cl. The van der Waals surface area contributed by atoms with Crippen molar-refractivity contribution in [2.24, 2.45) is 0 Å². The molecular formula is C12H17ClO2. The highest BCUT2D eigenvalue weighted by Gasteiger charge is 2.13. The number of hydrogen-bond donors (Lipinski definition) is 1. The minimum absolute atomic E-state index is 0.271. The first-order chi connectivity index (χ1) is 6.79. The van der Waals surface area contributed by atoms with E-state index in [0.29, 0.717) is 0 Å². The van der Waals surface area contributed by atoms with Crippen molar-refractivity contribution < 1.29 is 9.84 Å². The van der Waals surface area contributed by atoms with Crippen LogP contribution in [0.3, 0.4) is 0 Å². The zero-order valence-electron chi connectivity index (χ0n) is 9.60. The third kappa shape index (κ3) is 3.73. The van der Waals surface area contributed by atoms with Crippen molar-refractivity contribution in [2.75, 3.05) is 6.61 Å². The van der Waals surface area contributed by atoms with Crippen LogP contribution >= 0.6 is 11.6 Å². The summed E-state index contributed by atoms with van der Waals surface area (Å²) >= 11 is 6.03. The van der Waals surface area contributed by atoms with Crippen LogP contribution in [0.1, 0.15) is 25.0 Å². The smallest absolute Gasteiger partial charge is 0.120 e. The summed E-state index contributed by atoms with van der Waals surface area (Å²) < 4.78 is 5.48. The molecule has 0 heterocycles. The Kier molecular flexibility index (Phi) is 3.63. The predicted molar refractivity (Wildman–Crippen MR) is 62.7 cm³/mol. The van der Waals surface area contributed by atoms with E-state index in [1.165, 1.54) is 0 Å². The van der Waals surface area contributed by atoms with Gasteiger partial charge in [-0.25, -0.2) is 0 Å². The fourth-order valence-corrected chi connectivity index (χ4v) is 1.36. The summed E-state index contributed by atoms with van der Waals surface area (Å²) in [5, 5.41) is 10.3. The van der Waals surface area contributed by atoms with Crippen molar-refractivity contribution in [1.82, 2.24) is 0 Å². The summed E-state index contributed by atoms with van der Waals surface area (Å²) in [4.78, 5) is 0. The van der Waals surface area contributed by atoms with Crippen molar-refractivity contribution in [3.63, 3.8) is 0 Å². The molecule has 0 aliphatic heterocycles. The second-order valence-corrected chi connectivity index (χ2v) is 4.85. The van der Waals surface area contributed by atoms with Crippen molar-refractivity contribution in [3.05, 3.63) is 28.3 Å². The molecule has 0 aliphatic carbocycles. The van der Waals surface area contributed by atoms with Crippen molar-refractivity contribution in [3.8, 4) is 5.75 Å².